The third-order valence-electron chi connectivity index (χ3n) is 5.23. The predicted molar refractivity (Wildman–Crippen MR) is 114 cm³/mol. The number of fused-ring (bicyclic) bond motifs is 1. The summed E-state index contributed by atoms with van der Waals surface area (Å²) in [6.45, 7) is 1.66. The van der Waals surface area contributed by atoms with Crippen LogP contribution in [0.3, 0.4) is 0 Å². The maximum Gasteiger partial charge on any atom is 0.346 e. The van der Waals surface area contributed by atoms with Crippen LogP contribution in [0.25, 0.3) is 10.8 Å². The number of ether oxygens (including phenoxy) is 2. The highest BCUT2D eigenvalue weighted by Gasteiger charge is 2.49. The lowest BCUT2D eigenvalue weighted by Crippen LogP contribution is -2.40. The number of methoxy groups -OCH3 is 2. The molecule has 4 rings (SSSR count). The fourth-order valence-electron chi connectivity index (χ4n) is 3.42. The van der Waals surface area contributed by atoms with E-state index in [2.05, 4.69) is 10.4 Å². The van der Waals surface area contributed by atoms with Gasteiger partial charge in [-0.15, -0.1) is 5.01 Å². The van der Waals surface area contributed by atoms with Gasteiger partial charge in [0.2, 0.25) is 0 Å². The van der Waals surface area contributed by atoms with Gasteiger partial charge in [-0.3, -0.25) is 4.79 Å². The highest BCUT2D eigenvalue weighted by molar-refractivity contribution is 6.07. The minimum absolute atomic E-state index is 0.445. The Balaban J connectivity index is 1.58. The van der Waals surface area contributed by atoms with Crippen molar-refractivity contribution in [1.82, 2.24) is 10.3 Å². The molecule has 0 radical (unpaired) electrons. The maximum absolute atomic E-state index is 13.0. The standard InChI is InChI=1S/C23H21N3O4/c1-23(18-7-10-19(29-2)11-8-18)21(27)26(22(28)25-23)24-14-15-4-5-17-13-20(30-3)9-6-16(17)12-15/h4-14H,1-3H3,(H,25,28)/b24-14-/t23-/m1/s1. The van der Waals surface area contributed by atoms with Crippen LogP contribution in [0.15, 0.2) is 65.8 Å². The van der Waals surface area contributed by atoms with E-state index in [0.717, 1.165) is 27.1 Å². The van der Waals surface area contributed by atoms with Gasteiger partial charge < -0.3 is 14.8 Å². The topological polar surface area (TPSA) is 80.2 Å². The van der Waals surface area contributed by atoms with Crippen molar-refractivity contribution in [1.29, 1.82) is 0 Å². The first kappa shape index (κ1) is 19.4. The van der Waals surface area contributed by atoms with E-state index in [1.807, 2.05) is 36.4 Å². The lowest BCUT2D eigenvalue weighted by Gasteiger charge is -2.21. The summed E-state index contributed by atoms with van der Waals surface area (Å²) >= 11 is 0. The fraction of sp³-hybridized carbons (Fsp3) is 0.174. The van der Waals surface area contributed by atoms with E-state index in [9.17, 15) is 9.59 Å². The largest absolute Gasteiger partial charge is 0.497 e. The molecule has 1 aliphatic rings. The van der Waals surface area contributed by atoms with Crippen LogP contribution in [0.4, 0.5) is 4.79 Å². The van der Waals surface area contributed by atoms with Crippen LogP contribution in [0.2, 0.25) is 0 Å². The smallest absolute Gasteiger partial charge is 0.346 e. The number of urea groups is 1. The third kappa shape index (κ3) is 3.34. The first-order chi connectivity index (χ1) is 14.4. The molecule has 3 aromatic rings. The third-order valence-corrected chi connectivity index (χ3v) is 5.23. The summed E-state index contributed by atoms with van der Waals surface area (Å²) in [7, 11) is 3.19. The quantitative estimate of drug-likeness (QED) is 0.521. The highest BCUT2D eigenvalue weighted by atomic mass is 16.5. The number of nitrogens with one attached hydrogen (secondary N) is 1. The summed E-state index contributed by atoms with van der Waals surface area (Å²) in [4.78, 5) is 25.4. The molecule has 0 spiro atoms. The van der Waals surface area contributed by atoms with Crippen molar-refractivity contribution in [3.63, 3.8) is 0 Å². The minimum Gasteiger partial charge on any atom is -0.497 e. The van der Waals surface area contributed by atoms with E-state index < -0.39 is 17.5 Å². The van der Waals surface area contributed by atoms with Crippen molar-refractivity contribution < 1.29 is 19.1 Å². The van der Waals surface area contributed by atoms with E-state index in [1.165, 1.54) is 6.21 Å². The van der Waals surface area contributed by atoms with Gasteiger partial charge in [0.25, 0.3) is 5.91 Å². The number of imide groups is 1. The Morgan fingerprint density at radius 2 is 1.53 bits per heavy atom. The van der Waals surface area contributed by atoms with Crippen LogP contribution >= 0.6 is 0 Å². The first-order valence-electron chi connectivity index (χ1n) is 9.37. The number of hydrogen-bond acceptors (Lipinski definition) is 5. The second kappa shape index (κ2) is 7.51. The van der Waals surface area contributed by atoms with Crippen LogP contribution < -0.4 is 14.8 Å². The van der Waals surface area contributed by atoms with Crippen molar-refractivity contribution in [3.8, 4) is 11.5 Å². The zero-order chi connectivity index (χ0) is 21.3. The second-order valence-corrected chi connectivity index (χ2v) is 7.12. The van der Waals surface area contributed by atoms with Gasteiger partial charge in [0, 0.05) is 0 Å². The Bertz CT molecular complexity index is 1160. The Kier molecular flexibility index (Phi) is 4.87. The molecule has 0 bridgehead atoms. The normalized spacial score (nSPS) is 18.8. The van der Waals surface area contributed by atoms with Crippen molar-refractivity contribution in [2.75, 3.05) is 14.2 Å². The van der Waals surface area contributed by atoms with Gasteiger partial charge in [0.1, 0.15) is 17.0 Å². The lowest BCUT2D eigenvalue weighted by atomic mass is 9.92. The molecule has 3 aromatic carbocycles. The fourth-order valence-corrected chi connectivity index (χ4v) is 3.42. The number of amides is 3. The molecular formula is C23H21N3O4. The molecular weight excluding hydrogens is 382 g/mol. The number of carbonyl (C=O) groups excluding carboxylic acids is 2. The molecule has 7 heteroatoms. The van der Waals surface area contributed by atoms with Crippen LogP contribution in [0, 0.1) is 0 Å². The van der Waals surface area contributed by atoms with Crippen molar-refractivity contribution in [2.24, 2.45) is 5.10 Å². The minimum atomic E-state index is -1.19. The summed E-state index contributed by atoms with van der Waals surface area (Å²) in [6.07, 6.45) is 1.50. The Hall–Kier alpha value is -3.87. The highest BCUT2D eigenvalue weighted by Crippen LogP contribution is 2.30. The number of hydrazone groups is 1. The maximum atomic E-state index is 13.0. The molecule has 0 aliphatic carbocycles. The molecule has 152 valence electrons. The molecule has 1 saturated heterocycles. The molecule has 1 heterocycles. The molecule has 1 fully saturated rings. The Labute approximate surface area is 173 Å². The van der Waals surface area contributed by atoms with Gasteiger partial charge in [-0.1, -0.05) is 30.3 Å². The predicted octanol–water partition coefficient (Wildman–Crippen LogP) is 3.66. The SMILES string of the molecule is COc1ccc([C@@]2(C)NC(=O)N(/N=C\c3ccc4cc(OC)ccc4c3)C2=O)cc1. The number of rotatable bonds is 5. The molecule has 1 N–H and O–H groups in total. The molecule has 0 saturated carbocycles. The van der Waals surface area contributed by atoms with Gasteiger partial charge in [0.15, 0.2) is 0 Å². The first-order valence-corrected chi connectivity index (χ1v) is 9.37. The van der Waals surface area contributed by atoms with Crippen LogP contribution in [-0.2, 0) is 10.3 Å². The Morgan fingerprint density at radius 1 is 0.900 bits per heavy atom. The number of hydrogen-bond donors (Lipinski definition) is 1. The van der Waals surface area contributed by atoms with Crippen molar-refractivity contribution in [3.05, 3.63) is 71.8 Å². The average molecular weight is 403 g/mol. The van der Waals surface area contributed by atoms with E-state index in [4.69, 9.17) is 9.47 Å². The van der Waals surface area contributed by atoms with Gasteiger partial charge in [0.05, 0.1) is 20.4 Å². The zero-order valence-electron chi connectivity index (χ0n) is 16.9. The number of carbonyl (C=O) groups is 2. The van der Waals surface area contributed by atoms with Crippen LogP contribution in [0.1, 0.15) is 18.1 Å². The van der Waals surface area contributed by atoms with Gasteiger partial charge in [-0.2, -0.15) is 5.10 Å². The van der Waals surface area contributed by atoms with Gasteiger partial charge >= 0.3 is 6.03 Å². The average Bonchev–Trinajstić information content (AvgIpc) is 3.00. The molecule has 0 aromatic heterocycles. The van der Waals surface area contributed by atoms with Gasteiger partial charge in [-0.25, -0.2) is 4.79 Å². The van der Waals surface area contributed by atoms with Gasteiger partial charge in [-0.05, 0) is 59.2 Å². The summed E-state index contributed by atoms with van der Waals surface area (Å²) in [5, 5.41) is 9.76. The second-order valence-electron chi connectivity index (χ2n) is 7.12. The Morgan fingerprint density at radius 3 is 2.23 bits per heavy atom. The lowest BCUT2D eigenvalue weighted by molar-refractivity contribution is -0.131. The zero-order valence-corrected chi connectivity index (χ0v) is 16.9. The van der Waals surface area contributed by atoms with E-state index in [0.29, 0.717) is 11.3 Å². The van der Waals surface area contributed by atoms with E-state index in [1.54, 1.807) is 45.4 Å². The summed E-state index contributed by atoms with van der Waals surface area (Å²) in [5.41, 5.74) is 0.228. The molecule has 3 amide bonds. The number of benzene rings is 3. The molecule has 7 nitrogen and oxygen atoms in total. The monoisotopic (exact) mass is 403 g/mol. The molecule has 1 atom stereocenters. The summed E-state index contributed by atoms with van der Waals surface area (Å²) in [5.74, 6) is 1.00. The van der Waals surface area contributed by atoms with E-state index >= 15 is 0 Å². The van der Waals surface area contributed by atoms with Crippen molar-refractivity contribution in [2.45, 2.75) is 12.5 Å². The van der Waals surface area contributed by atoms with E-state index in [-0.39, 0.29) is 0 Å². The molecule has 0 unspecified atom stereocenters. The van der Waals surface area contributed by atoms with Crippen LogP contribution in [-0.4, -0.2) is 37.4 Å². The molecule has 30 heavy (non-hydrogen) atoms. The summed E-state index contributed by atoms with van der Waals surface area (Å²) in [6, 6.07) is 17.9. The van der Waals surface area contributed by atoms with Crippen LogP contribution in [0.5, 0.6) is 11.5 Å². The van der Waals surface area contributed by atoms with Crippen molar-refractivity contribution >= 4 is 28.9 Å². The molecule has 1 aliphatic heterocycles. The summed E-state index contributed by atoms with van der Waals surface area (Å²) < 4.78 is 10.4. The number of nitrogens with zero attached hydrogens (tertiary/aromatic N) is 2.